The lowest BCUT2D eigenvalue weighted by Gasteiger charge is -2.45. The molecule has 33 heavy (non-hydrogen) atoms. The lowest BCUT2D eigenvalue weighted by molar-refractivity contribution is -0.185. The van der Waals surface area contributed by atoms with E-state index in [4.69, 9.17) is 0 Å². The Morgan fingerprint density at radius 2 is 1.73 bits per heavy atom. The second kappa shape index (κ2) is 10.0. The van der Waals surface area contributed by atoms with Crippen LogP contribution < -0.4 is 0 Å². The number of aliphatic hydroxyl groups excluding tert-OH is 2. The molecule has 4 rings (SSSR count). The van der Waals surface area contributed by atoms with Crippen molar-refractivity contribution in [1.29, 1.82) is 0 Å². The van der Waals surface area contributed by atoms with Crippen molar-refractivity contribution in [2.75, 3.05) is 19.6 Å². The Balaban J connectivity index is 1.38. The fraction of sp³-hybridized carbons (Fsp3) is 0.852. The predicted molar refractivity (Wildman–Crippen MR) is 125 cm³/mol. The maximum Gasteiger partial charge on any atom is 0.391 e. The Hall–Kier alpha value is -0.850. The largest absolute Gasteiger partial charge is 0.393 e. The molecule has 0 bridgehead atoms. The van der Waals surface area contributed by atoms with Crippen molar-refractivity contribution in [2.45, 2.75) is 96.4 Å². The van der Waals surface area contributed by atoms with E-state index in [1.807, 2.05) is 0 Å². The average molecular weight is 470 g/mol. The highest BCUT2D eigenvalue weighted by Gasteiger charge is 2.51. The average Bonchev–Trinajstić information content (AvgIpc) is 3.09. The summed E-state index contributed by atoms with van der Waals surface area (Å²) in [5.74, 6) is 0.551. The number of likely N-dealkylation sites (tertiary alicyclic amines) is 1. The van der Waals surface area contributed by atoms with Gasteiger partial charge in [-0.15, -0.1) is 0 Å². The highest BCUT2D eigenvalue weighted by atomic mass is 19.4. The van der Waals surface area contributed by atoms with E-state index in [1.165, 1.54) is 31.3 Å². The van der Waals surface area contributed by atoms with Crippen molar-refractivity contribution in [3.63, 3.8) is 0 Å². The molecule has 4 aliphatic rings. The van der Waals surface area contributed by atoms with Gasteiger partial charge in [-0.3, -0.25) is 0 Å². The number of allylic oxidation sites excluding steroid dienone is 3. The van der Waals surface area contributed by atoms with Gasteiger partial charge in [0.25, 0.3) is 0 Å². The smallest absolute Gasteiger partial charge is 0.391 e. The molecule has 0 unspecified atom stereocenters. The molecular formula is C27H42F3NO2. The van der Waals surface area contributed by atoms with Gasteiger partial charge in [0.1, 0.15) is 0 Å². The zero-order valence-electron chi connectivity index (χ0n) is 20.3. The quantitative estimate of drug-likeness (QED) is 0.541. The normalized spacial score (nSPS) is 39.0. The van der Waals surface area contributed by atoms with Gasteiger partial charge in [0.05, 0.1) is 18.1 Å². The zero-order chi connectivity index (χ0) is 23.8. The zero-order valence-corrected chi connectivity index (χ0v) is 20.3. The summed E-state index contributed by atoms with van der Waals surface area (Å²) in [5, 5.41) is 20.0. The van der Waals surface area contributed by atoms with E-state index in [0.717, 1.165) is 18.5 Å². The first-order valence-electron chi connectivity index (χ1n) is 13.1. The summed E-state index contributed by atoms with van der Waals surface area (Å²) in [6.07, 6.45) is 7.75. The second-order valence-corrected chi connectivity index (χ2v) is 11.7. The van der Waals surface area contributed by atoms with Crippen LogP contribution >= 0.6 is 0 Å². The maximum atomic E-state index is 13.0. The minimum Gasteiger partial charge on any atom is -0.393 e. The molecule has 188 valence electrons. The summed E-state index contributed by atoms with van der Waals surface area (Å²) in [4.78, 5) is 2.27. The van der Waals surface area contributed by atoms with E-state index < -0.39 is 24.3 Å². The maximum absolute atomic E-state index is 13.0. The van der Waals surface area contributed by atoms with Gasteiger partial charge in [0.2, 0.25) is 0 Å². The standard InChI is InChI=1S/C27H42F3NO2/c1-18(17-31-12-9-21(10-13-31)27(28,29)30)24-7-8-25-20(4-3-11-26(24,25)2)6-5-19-14-22(32)16-23(33)15-19/h5-6,18,21-25,32-33H,3-4,7-17H2,1-2H3/b20-6+/t18-,22-,23-,24-,25+,26-/m1/s1. The number of hydrogen-bond acceptors (Lipinski definition) is 3. The summed E-state index contributed by atoms with van der Waals surface area (Å²) in [6.45, 7) is 6.82. The molecule has 0 spiro atoms. The van der Waals surface area contributed by atoms with Crippen LogP contribution in [0.1, 0.15) is 78.1 Å². The Morgan fingerprint density at radius 3 is 2.36 bits per heavy atom. The van der Waals surface area contributed by atoms with Crippen molar-refractivity contribution >= 4 is 0 Å². The van der Waals surface area contributed by atoms with E-state index in [9.17, 15) is 23.4 Å². The summed E-state index contributed by atoms with van der Waals surface area (Å²) in [7, 11) is 0. The number of piperidine rings is 1. The minimum absolute atomic E-state index is 0.242. The Morgan fingerprint density at radius 1 is 1.06 bits per heavy atom. The van der Waals surface area contributed by atoms with Crippen molar-refractivity contribution in [3.05, 3.63) is 23.3 Å². The molecular weight excluding hydrogens is 427 g/mol. The molecule has 0 aromatic carbocycles. The van der Waals surface area contributed by atoms with Crippen LogP contribution in [0, 0.1) is 29.1 Å². The number of aliphatic hydroxyl groups is 2. The Labute approximate surface area is 197 Å². The Kier molecular flexibility index (Phi) is 7.67. The SMILES string of the molecule is C[C@H](CN1CCC(C(F)(F)F)CC1)[C@H]1CC[C@H]2/C(=C/C=C3C[C@@H](O)C[C@H](O)C3)CCC[C@]12C. The molecule has 1 aliphatic heterocycles. The fourth-order valence-electron chi connectivity index (χ4n) is 7.72. The van der Waals surface area contributed by atoms with Gasteiger partial charge in [-0.1, -0.05) is 37.1 Å². The molecule has 0 aromatic rings. The van der Waals surface area contributed by atoms with Crippen LogP contribution in [0.3, 0.4) is 0 Å². The van der Waals surface area contributed by atoms with Crippen LogP contribution in [0.15, 0.2) is 23.3 Å². The highest BCUT2D eigenvalue weighted by molar-refractivity contribution is 5.26. The first-order valence-corrected chi connectivity index (χ1v) is 13.1. The fourth-order valence-corrected chi connectivity index (χ4v) is 7.72. The van der Waals surface area contributed by atoms with Crippen LogP contribution in [0.5, 0.6) is 0 Å². The third-order valence-corrected chi connectivity index (χ3v) is 9.39. The number of alkyl halides is 3. The van der Waals surface area contributed by atoms with Crippen LogP contribution in [-0.2, 0) is 0 Å². The van der Waals surface area contributed by atoms with Crippen LogP contribution in [0.25, 0.3) is 0 Å². The molecule has 6 heteroatoms. The molecule has 3 nitrogen and oxygen atoms in total. The van der Waals surface area contributed by atoms with E-state index in [-0.39, 0.29) is 18.3 Å². The van der Waals surface area contributed by atoms with Gasteiger partial charge >= 0.3 is 6.18 Å². The molecule has 1 saturated heterocycles. The lowest BCUT2D eigenvalue weighted by Crippen LogP contribution is -2.44. The number of fused-ring (bicyclic) bond motifs is 1. The molecule has 0 radical (unpaired) electrons. The number of hydrogen-bond donors (Lipinski definition) is 2. The number of nitrogens with zero attached hydrogens (tertiary/aromatic N) is 1. The van der Waals surface area contributed by atoms with E-state index in [2.05, 4.69) is 30.9 Å². The van der Waals surface area contributed by atoms with E-state index in [0.29, 0.717) is 50.1 Å². The number of halogens is 3. The van der Waals surface area contributed by atoms with Crippen LogP contribution in [-0.4, -0.2) is 53.1 Å². The van der Waals surface area contributed by atoms with Gasteiger partial charge < -0.3 is 15.1 Å². The summed E-state index contributed by atoms with van der Waals surface area (Å²) < 4.78 is 39.0. The second-order valence-electron chi connectivity index (χ2n) is 11.7. The first-order chi connectivity index (χ1) is 15.6. The third-order valence-electron chi connectivity index (χ3n) is 9.39. The van der Waals surface area contributed by atoms with Crippen molar-refractivity contribution < 1.29 is 23.4 Å². The molecule has 3 aliphatic carbocycles. The molecule has 1 heterocycles. The molecule has 0 aromatic heterocycles. The monoisotopic (exact) mass is 469 g/mol. The van der Waals surface area contributed by atoms with Crippen molar-refractivity contribution in [2.24, 2.45) is 29.1 Å². The van der Waals surface area contributed by atoms with Gasteiger partial charge in [0, 0.05) is 6.54 Å². The van der Waals surface area contributed by atoms with Crippen molar-refractivity contribution in [3.8, 4) is 0 Å². The van der Waals surface area contributed by atoms with Gasteiger partial charge in [0.15, 0.2) is 0 Å². The third kappa shape index (κ3) is 5.70. The molecule has 2 N–H and O–H groups in total. The molecule has 6 atom stereocenters. The summed E-state index contributed by atoms with van der Waals surface area (Å²) in [5.41, 5.74) is 2.93. The topological polar surface area (TPSA) is 43.7 Å². The van der Waals surface area contributed by atoms with E-state index in [1.54, 1.807) is 0 Å². The predicted octanol–water partition coefficient (Wildman–Crippen LogP) is 5.87. The molecule has 4 fully saturated rings. The summed E-state index contributed by atoms with van der Waals surface area (Å²) >= 11 is 0. The Bertz CT molecular complexity index is 728. The first kappa shape index (κ1) is 25.2. The molecule has 0 amide bonds. The van der Waals surface area contributed by atoms with Crippen LogP contribution in [0.2, 0.25) is 0 Å². The van der Waals surface area contributed by atoms with Crippen LogP contribution in [0.4, 0.5) is 13.2 Å². The van der Waals surface area contributed by atoms with Gasteiger partial charge in [-0.2, -0.15) is 13.2 Å². The molecule has 3 saturated carbocycles. The van der Waals surface area contributed by atoms with Crippen molar-refractivity contribution in [1.82, 2.24) is 4.90 Å². The number of rotatable bonds is 4. The summed E-state index contributed by atoms with van der Waals surface area (Å²) in [6, 6.07) is 0. The van der Waals surface area contributed by atoms with Gasteiger partial charge in [-0.25, -0.2) is 0 Å². The van der Waals surface area contributed by atoms with E-state index >= 15 is 0 Å². The minimum atomic E-state index is -4.04. The van der Waals surface area contributed by atoms with Gasteiger partial charge in [-0.05, 0) is 100 Å². The lowest BCUT2D eigenvalue weighted by atomic mass is 9.61. The highest BCUT2D eigenvalue weighted by Crippen LogP contribution is 2.59.